The molecule has 0 bridgehead atoms. The maximum absolute atomic E-state index is 13.2. The second-order valence-corrected chi connectivity index (χ2v) is 6.73. The summed E-state index contributed by atoms with van der Waals surface area (Å²) in [4.78, 5) is 26.3. The summed E-state index contributed by atoms with van der Waals surface area (Å²) in [5, 5.41) is 0. The zero-order chi connectivity index (χ0) is 20.8. The first-order valence-corrected chi connectivity index (χ1v) is 9.63. The number of hydrogen-bond donors (Lipinski definition) is 0. The second kappa shape index (κ2) is 8.86. The van der Waals surface area contributed by atoms with E-state index in [1.807, 2.05) is 78.9 Å². The molecule has 0 amide bonds. The molecule has 0 saturated heterocycles. The zero-order valence-corrected chi connectivity index (χ0v) is 16.2. The predicted octanol–water partition coefficient (Wildman–Crippen LogP) is 5.82. The molecule has 0 aliphatic carbocycles. The summed E-state index contributed by atoms with van der Waals surface area (Å²) in [5.74, 6) is 5.00. The smallest absolute Gasteiger partial charge is 0.234 e. The van der Waals surface area contributed by atoms with Gasteiger partial charge in [0.15, 0.2) is 0 Å². The number of hydrogen-bond acceptors (Lipinski definition) is 2. The van der Waals surface area contributed by atoms with Gasteiger partial charge in [-0.05, 0) is 35.4 Å². The van der Waals surface area contributed by atoms with Crippen LogP contribution in [0.15, 0.2) is 109 Å². The van der Waals surface area contributed by atoms with Gasteiger partial charge < -0.3 is 0 Å². The van der Waals surface area contributed by atoms with E-state index in [1.165, 1.54) is 0 Å². The largest absolute Gasteiger partial charge is 0.285 e. The minimum absolute atomic E-state index is 0.314. The highest BCUT2D eigenvalue weighted by atomic mass is 16.2. The fraction of sp³-hybridized carbons (Fsp3) is 0. The first-order chi connectivity index (χ1) is 14.7. The molecule has 0 aliphatic rings. The van der Waals surface area contributed by atoms with Crippen LogP contribution in [0.25, 0.3) is 11.1 Å². The molecule has 0 atom stereocenters. The van der Waals surface area contributed by atoms with Crippen LogP contribution >= 0.6 is 0 Å². The number of carbonyl (C=O) groups excluding carboxylic acids is 2. The van der Waals surface area contributed by atoms with Crippen LogP contribution in [0.2, 0.25) is 0 Å². The molecular weight excluding hydrogens is 368 g/mol. The van der Waals surface area contributed by atoms with Crippen LogP contribution in [0.4, 0.5) is 0 Å². The summed E-state index contributed by atoms with van der Waals surface area (Å²) in [6.07, 6.45) is 0. The van der Waals surface area contributed by atoms with Crippen molar-refractivity contribution in [3.8, 4) is 23.0 Å². The summed E-state index contributed by atoms with van der Waals surface area (Å²) in [7, 11) is 0. The van der Waals surface area contributed by atoms with E-state index in [4.69, 9.17) is 0 Å². The van der Waals surface area contributed by atoms with Crippen molar-refractivity contribution >= 4 is 11.6 Å². The van der Waals surface area contributed by atoms with Crippen molar-refractivity contribution in [1.82, 2.24) is 0 Å². The van der Waals surface area contributed by atoms with E-state index in [0.717, 1.165) is 16.7 Å². The van der Waals surface area contributed by atoms with E-state index < -0.39 is 11.6 Å². The molecule has 0 fully saturated rings. The highest BCUT2D eigenvalue weighted by molar-refractivity contribution is 6.50. The lowest BCUT2D eigenvalue weighted by Gasteiger charge is -2.09. The van der Waals surface area contributed by atoms with Gasteiger partial charge in [0, 0.05) is 22.3 Å². The third-order valence-corrected chi connectivity index (χ3v) is 4.75. The summed E-state index contributed by atoms with van der Waals surface area (Å²) in [5.41, 5.74) is 3.72. The van der Waals surface area contributed by atoms with E-state index >= 15 is 0 Å². The van der Waals surface area contributed by atoms with Crippen LogP contribution in [0.1, 0.15) is 31.8 Å². The fourth-order valence-electron chi connectivity index (χ4n) is 3.25. The molecule has 0 unspecified atom stereocenters. The summed E-state index contributed by atoms with van der Waals surface area (Å²) < 4.78 is 0. The first kappa shape index (κ1) is 19.1. The summed E-state index contributed by atoms with van der Waals surface area (Å²) in [6.45, 7) is 0. The number of ketones is 2. The molecule has 0 aliphatic heterocycles. The number of Topliss-reactive ketones (excluding diaryl/α,β-unsaturated/α-hetero) is 2. The lowest BCUT2D eigenvalue weighted by Crippen LogP contribution is -2.16. The second-order valence-electron chi connectivity index (χ2n) is 6.73. The zero-order valence-electron chi connectivity index (χ0n) is 16.2. The third kappa shape index (κ3) is 4.11. The van der Waals surface area contributed by atoms with Crippen molar-refractivity contribution in [1.29, 1.82) is 0 Å². The van der Waals surface area contributed by atoms with Gasteiger partial charge in [-0.2, -0.15) is 0 Å². The Morgan fingerprint density at radius 3 is 1.77 bits per heavy atom. The average Bonchev–Trinajstić information content (AvgIpc) is 2.83. The normalized spacial score (nSPS) is 10.0. The maximum atomic E-state index is 13.2. The van der Waals surface area contributed by atoms with E-state index in [9.17, 15) is 9.59 Å². The Balaban J connectivity index is 1.71. The van der Waals surface area contributed by atoms with Crippen molar-refractivity contribution in [3.05, 3.63) is 131 Å². The Kier molecular flexibility index (Phi) is 5.64. The SMILES string of the molecule is O=C(C(=O)c1ccccc1-c1ccccc1)c1ccccc1C#Cc1ccccc1. The van der Waals surface area contributed by atoms with Gasteiger partial charge in [-0.3, -0.25) is 9.59 Å². The quantitative estimate of drug-likeness (QED) is 0.252. The molecule has 0 heterocycles. The van der Waals surface area contributed by atoms with Crippen molar-refractivity contribution < 1.29 is 9.59 Å². The molecule has 142 valence electrons. The number of benzene rings is 4. The van der Waals surface area contributed by atoms with Crippen LogP contribution in [0, 0.1) is 11.8 Å². The minimum Gasteiger partial charge on any atom is -0.285 e. The highest BCUT2D eigenvalue weighted by Crippen LogP contribution is 2.25. The van der Waals surface area contributed by atoms with Gasteiger partial charge in [-0.1, -0.05) is 96.8 Å². The van der Waals surface area contributed by atoms with Crippen LogP contribution in [0.3, 0.4) is 0 Å². The average molecular weight is 386 g/mol. The molecule has 2 nitrogen and oxygen atoms in total. The highest BCUT2D eigenvalue weighted by Gasteiger charge is 2.23. The molecule has 2 heteroatoms. The Labute approximate surface area is 175 Å². The number of rotatable bonds is 4. The lowest BCUT2D eigenvalue weighted by atomic mass is 9.92. The standard InChI is InChI=1S/C28H18O2/c29-27(25-17-8-7-15-23(25)20-19-21-11-3-1-4-12-21)28(30)26-18-10-9-16-24(26)22-13-5-2-6-14-22/h1-18H. The van der Waals surface area contributed by atoms with E-state index in [0.29, 0.717) is 16.7 Å². The molecule has 4 aromatic rings. The Morgan fingerprint density at radius 2 is 1.03 bits per heavy atom. The lowest BCUT2D eigenvalue weighted by molar-refractivity contribution is 0.0817. The van der Waals surface area contributed by atoms with Crippen molar-refractivity contribution in [2.75, 3.05) is 0 Å². The fourth-order valence-corrected chi connectivity index (χ4v) is 3.25. The summed E-state index contributed by atoms with van der Waals surface area (Å²) >= 11 is 0. The van der Waals surface area contributed by atoms with Crippen LogP contribution in [-0.4, -0.2) is 11.6 Å². The van der Waals surface area contributed by atoms with Gasteiger partial charge in [0.05, 0.1) is 0 Å². The van der Waals surface area contributed by atoms with E-state index in [2.05, 4.69) is 11.8 Å². The molecule has 0 N–H and O–H groups in total. The maximum Gasteiger partial charge on any atom is 0.234 e. The van der Waals surface area contributed by atoms with Gasteiger partial charge in [-0.15, -0.1) is 0 Å². The van der Waals surface area contributed by atoms with Crippen LogP contribution < -0.4 is 0 Å². The summed E-state index contributed by atoms with van der Waals surface area (Å²) in [6, 6.07) is 33.3. The molecular formula is C28H18O2. The van der Waals surface area contributed by atoms with Crippen molar-refractivity contribution in [2.45, 2.75) is 0 Å². The van der Waals surface area contributed by atoms with Crippen LogP contribution in [-0.2, 0) is 0 Å². The molecule has 0 radical (unpaired) electrons. The van der Waals surface area contributed by atoms with Gasteiger partial charge in [0.25, 0.3) is 0 Å². The monoisotopic (exact) mass is 386 g/mol. The Bertz CT molecular complexity index is 1260. The molecule has 4 aromatic carbocycles. The molecule has 0 saturated carbocycles. The van der Waals surface area contributed by atoms with Crippen molar-refractivity contribution in [3.63, 3.8) is 0 Å². The Hall–Kier alpha value is -4.22. The van der Waals surface area contributed by atoms with E-state index in [1.54, 1.807) is 30.3 Å². The minimum atomic E-state index is -0.559. The number of carbonyl (C=O) groups is 2. The topological polar surface area (TPSA) is 34.1 Å². The van der Waals surface area contributed by atoms with Crippen LogP contribution in [0.5, 0.6) is 0 Å². The van der Waals surface area contributed by atoms with Gasteiger partial charge >= 0.3 is 0 Å². The third-order valence-electron chi connectivity index (χ3n) is 4.75. The van der Waals surface area contributed by atoms with Gasteiger partial charge in [-0.25, -0.2) is 0 Å². The first-order valence-electron chi connectivity index (χ1n) is 9.63. The van der Waals surface area contributed by atoms with Gasteiger partial charge in [0.2, 0.25) is 11.6 Å². The Morgan fingerprint density at radius 1 is 0.500 bits per heavy atom. The molecule has 30 heavy (non-hydrogen) atoms. The molecule has 0 spiro atoms. The predicted molar refractivity (Wildman–Crippen MR) is 119 cm³/mol. The molecule has 4 rings (SSSR count). The van der Waals surface area contributed by atoms with E-state index in [-0.39, 0.29) is 0 Å². The van der Waals surface area contributed by atoms with Gasteiger partial charge in [0.1, 0.15) is 0 Å². The van der Waals surface area contributed by atoms with Crippen molar-refractivity contribution in [2.24, 2.45) is 0 Å². The molecule has 0 aromatic heterocycles.